The normalized spacial score (nSPS) is 14.3. The molecule has 6 N–H and O–H groups in total. The van der Waals surface area contributed by atoms with Crippen LogP contribution in [0.1, 0.15) is 22.7 Å². The van der Waals surface area contributed by atoms with E-state index < -0.39 is 6.04 Å². The van der Waals surface area contributed by atoms with Gasteiger partial charge in [-0.1, -0.05) is 22.0 Å². The van der Waals surface area contributed by atoms with Crippen molar-refractivity contribution in [1.29, 1.82) is 10.5 Å². The smallest absolute Gasteiger partial charge is 0.264 e. The summed E-state index contributed by atoms with van der Waals surface area (Å²) in [5, 5.41) is 24.1. The van der Waals surface area contributed by atoms with E-state index in [1.807, 2.05) is 18.3 Å². The van der Waals surface area contributed by atoms with Gasteiger partial charge in [-0.25, -0.2) is 9.98 Å². The first kappa shape index (κ1) is 21.1. The van der Waals surface area contributed by atoms with E-state index in [4.69, 9.17) is 33.7 Å². The number of nitriles is 2. The molecule has 0 bridgehead atoms. The number of nitrogens with zero attached hydrogens (tertiary/aromatic N) is 5. The van der Waals surface area contributed by atoms with Crippen LogP contribution in [0.2, 0.25) is 0 Å². The van der Waals surface area contributed by atoms with Crippen molar-refractivity contribution in [2.45, 2.75) is 6.04 Å². The number of nitrogens with two attached hydrogens (primary N) is 2. The number of thiocarbonyl (C=S) groups is 1. The molecule has 0 radical (unpaired) electrons. The van der Waals surface area contributed by atoms with Crippen LogP contribution in [0.5, 0.6) is 5.75 Å². The Morgan fingerprint density at radius 2 is 2.10 bits per heavy atom. The third-order valence-electron chi connectivity index (χ3n) is 4.19. The summed E-state index contributed by atoms with van der Waals surface area (Å²) in [6, 6.07) is 6.56. The first-order valence-corrected chi connectivity index (χ1v) is 9.64. The number of rotatable bonds is 2. The summed E-state index contributed by atoms with van der Waals surface area (Å²) >= 11 is 8.70. The van der Waals surface area contributed by atoms with Crippen LogP contribution < -0.4 is 26.8 Å². The second-order valence-electron chi connectivity index (χ2n) is 6.35. The van der Waals surface area contributed by atoms with Crippen molar-refractivity contribution < 1.29 is 4.74 Å². The molecule has 3 rings (SSSR count). The van der Waals surface area contributed by atoms with Crippen molar-refractivity contribution in [1.82, 2.24) is 15.2 Å². The van der Waals surface area contributed by atoms with Crippen molar-refractivity contribution in [2.75, 3.05) is 30.9 Å². The number of halogens is 1. The van der Waals surface area contributed by atoms with Crippen LogP contribution in [0, 0.1) is 22.8 Å². The summed E-state index contributed by atoms with van der Waals surface area (Å²) in [7, 11) is 3.52. The number of guanidine groups is 1. The van der Waals surface area contributed by atoms with Crippen molar-refractivity contribution in [3.05, 3.63) is 39.4 Å². The topological polar surface area (TPSA) is 161 Å². The van der Waals surface area contributed by atoms with Gasteiger partial charge in [0.15, 0.2) is 6.19 Å². The molecule has 10 nitrogen and oxygen atoms in total. The maximum atomic E-state index is 9.45. The van der Waals surface area contributed by atoms with Crippen LogP contribution in [0.25, 0.3) is 0 Å². The van der Waals surface area contributed by atoms with Crippen LogP contribution >= 0.6 is 28.1 Å². The first-order chi connectivity index (χ1) is 14.3. The fraction of sp³-hybridized carbons (Fsp3) is 0.167. The van der Waals surface area contributed by atoms with E-state index in [1.54, 1.807) is 31.1 Å². The Morgan fingerprint density at radius 1 is 1.37 bits per heavy atom. The molecule has 0 spiro atoms. The Morgan fingerprint density at radius 3 is 2.73 bits per heavy atom. The van der Waals surface area contributed by atoms with Crippen LogP contribution in [-0.2, 0) is 0 Å². The highest BCUT2D eigenvalue weighted by molar-refractivity contribution is 9.10. The van der Waals surface area contributed by atoms with Crippen LogP contribution in [0.15, 0.2) is 27.7 Å². The van der Waals surface area contributed by atoms with Gasteiger partial charge in [-0.2, -0.15) is 10.5 Å². The number of fused-ring (bicyclic) bond motifs is 1. The number of nitrogens with one attached hydrogen (secondary N) is 2. The Bertz CT molecular complexity index is 1150. The molecular formula is C18H16BrN9OS. The Hall–Kier alpha value is -3.61. The van der Waals surface area contributed by atoms with Gasteiger partial charge in [-0.15, -0.1) is 0 Å². The molecule has 1 unspecified atom stereocenters. The molecule has 1 aliphatic heterocycles. The zero-order valence-corrected chi connectivity index (χ0v) is 18.3. The van der Waals surface area contributed by atoms with Crippen molar-refractivity contribution >= 4 is 56.6 Å². The van der Waals surface area contributed by atoms with Gasteiger partial charge in [0.2, 0.25) is 5.96 Å². The Balaban J connectivity index is 2.25. The molecule has 1 aromatic heterocycles. The number of aromatic nitrogens is 1. The summed E-state index contributed by atoms with van der Waals surface area (Å²) < 4.78 is 6.63. The molecule has 2 aromatic rings. The SMILES string of the molecule is CN(C)C(=S)Oc1cc(Br)ccc1C1N=C(NC#N)Nc2nc(N)c(C#N)c(N)c21. The van der Waals surface area contributed by atoms with Crippen LogP contribution in [-0.4, -0.2) is 35.1 Å². The second kappa shape index (κ2) is 8.41. The van der Waals surface area contributed by atoms with Gasteiger partial charge in [0.1, 0.15) is 35.1 Å². The minimum Gasteiger partial charge on any atom is -0.431 e. The number of benzene rings is 1. The average Bonchev–Trinajstić information content (AvgIpc) is 2.67. The van der Waals surface area contributed by atoms with Gasteiger partial charge in [-0.3, -0.25) is 5.32 Å². The zero-order chi connectivity index (χ0) is 22.0. The molecule has 1 aromatic carbocycles. The number of pyridine rings is 1. The van der Waals surface area contributed by atoms with E-state index in [0.717, 1.165) is 4.47 Å². The molecule has 1 aliphatic rings. The summed E-state index contributed by atoms with van der Waals surface area (Å²) in [5.41, 5.74) is 13.4. The lowest BCUT2D eigenvalue weighted by molar-refractivity contribution is 0.444. The molecule has 0 saturated heterocycles. The minimum atomic E-state index is -0.745. The first-order valence-electron chi connectivity index (χ1n) is 8.44. The van der Waals surface area contributed by atoms with E-state index >= 15 is 0 Å². The van der Waals surface area contributed by atoms with Crippen molar-refractivity contribution in [2.24, 2.45) is 4.99 Å². The average molecular weight is 486 g/mol. The third kappa shape index (κ3) is 3.91. The van der Waals surface area contributed by atoms with Crippen LogP contribution in [0.3, 0.4) is 0 Å². The minimum absolute atomic E-state index is 0.0285. The van der Waals surface area contributed by atoms with Gasteiger partial charge in [0.25, 0.3) is 5.17 Å². The number of nitrogen functional groups attached to an aromatic ring is 2. The molecule has 2 heterocycles. The summed E-state index contributed by atoms with van der Waals surface area (Å²) in [4.78, 5) is 10.4. The molecule has 0 aliphatic carbocycles. The van der Waals surface area contributed by atoms with E-state index in [2.05, 4.69) is 36.5 Å². The molecule has 1 atom stereocenters. The lowest BCUT2D eigenvalue weighted by Crippen LogP contribution is -2.33. The van der Waals surface area contributed by atoms with E-state index in [1.165, 1.54) is 0 Å². The molecule has 152 valence electrons. The van der Waals surface area contributed by atoms with Gasteiger partial charge in [-0.05, 0) is 24.4 Å². The molecule has 0 saturated carbocycles. The van der Waals surface area contributed by atoms with Gasteiger partial charge < -0.3 is 26.4 Å². The number of hydrogen-bond donors (Lipinski definition) is 4. The number of aliphatic imine (C=N–C) groups is 1. The molecule has 30 heavy (non-hydrogen) atoms. The lowest BCUT2D eigenvalue weighted by atomic mass is 9.94. The largest absolute Gasteiger partial charge is 0.431 e. The van der Waals surface area contributed by atoms with Crippen molar-refractivity contribution in [3.63, 3.8) is 0 Å². The number of hydrogen-bond acceptors (Lipinski definition) is 10. The monoisotopic (exact) mass is 485 g/mol. The highest BCUT2D eigenvalue weighted by Gasteiger charge is 2.31. The maximum absolute atomic E-state index is 9.45. The quantitative estimate of drug-likeness (QED) is 0.281. The number of ether oxygens (including phenoxy) is 1. The highest BCUT2D eigenvalue weighted by Crippen LogP contribution is 2.43. The van der Waals surface area contributed by atoms with E-state index in [9.17, 15) is 5.26 Å². The third-order valence-corrected chi connectivity index (χ3v) is 5.13. The van der Waals surface area contributed by atoms with E-state index in [-0.39, 0.29) is 34.0 Å². The molecule has 0 fully saturated rings. The molecular weight excluding hydrogens is 470 g/mol. The van der Waals surface area contributed by atoms with Crippen molar-refractivity contribution in [3.8, 4) is 18.0 Å². The fourth-order valence-electron chi connectivity index (χ4n) is 2.81. The summed E-state index contributed by atoms with van der Waals surface area (Å²) in [6.07, 6.45) is 1.81. The highest BCUT2D eigenvalue weighted by atomic mass is 79.9. The standard InChI is InChI=1S/C18H16BrN9OS/c1-28(2)18(30)29-11-5-8(19)3-4-9(11)14-12-13(22)10(6-20)15(23)26-16(12)27-17(25-14)24-7-21/h3-5,14H,1-2H3,(H6,22,23,24,25,26,27). The van der Waals surface area contributed by atoms with Gasteiger partial charge in [0, 0.05) is 29.7 Å². The Kier molecular flexibility index (Phi) is 5.91. The summed E-state index contributed by atoms with van der Waals surface area (Å²) in [6.45, 7) is 0. The van der Waals surface area contributed by atoms with Gasteiger partial charge in [0.05, 0.1) is 5.69 Å². The maximum Gasteiger partial charge on any atom is 0.264 e. The predicted molar refractivity (Wildman–Crippen MR) is 120 cm³/mol. The van der Waals surface area contributed by atoms with Crippen LogP contribution in [0.4, 0.5) is 17.3 Å². The van der Waals surface area contributed by atoms with Gasteiger partial charge >= 0.3 is 0 Å². The fourth-order valence-corrected chi connectivity index (χ4v) is 3.24. The number of anilines is 3. The molecule has 12 heteroatoms. The summed E-state index contributed by atoms with van der Waals surface area (Å²) in [5.74, 6) is 0.829. The zero-order valence-electron chi connectivity index (χ0n) is 15.9. The van der Waals surface area contributed by atoms with E-state index in [0.29, 0.717) is 16.9 Å². The second-order valence-corrected chi connectivity index (χ2v) is 7.61. The Labute approximate surface area is 186 Å². The molecule has 0 amide bonds. The lowest BCUT2D eigenvalue weighted by Gasteiger charge is -2.27. The predicted octanol–water partition coefficient (Wildman–Crippen LogP) is 2.05.